The first kappa shape index (κ1) is 16.7. The van der Waals surface area contributed by atoms with Crippen molar-refractivity contribution in [3.8, 4) is 0 Å². The molecule has 122 valence electrons. The molecule has 0 radical (unpaired) electrons. The number of nitro benzene ring substituents is 1. The van der Waals surface area contributed by atoms with Crippen LogP contribution < -0.4 is 4.90 Å². The van der Waals surface area contributed by atoms with Crippen molar-refractivity contribution in [3.05, 3.63) is 33.9 Å². The molecule has 1 N–H and O–H groups in total. The van der Waals surface area contributed by atoms with Gasteiger partial charge in [-0.05, 0) is 24.6 Å². The highest BCUT2D eigenvalue weighted by atomic mass is 32.2. The summed E-state index contributed by atoms with van der Waals surface area (Å²) in [6.45, 7) is 2.58. The van der Waals surface area contributed by atoms with E-state index in [-0.39, 0.29) is 24.9 Å². The lowest BCUT2D eigenvalue weighted by atomic mass is 10.1. The second-order valence-corrected chi connectivity index (χ2v) is 7.34. The molecule has 0 aromatic heterocycles. The summed E-state index contributed by atoms with van der Waals surface area (Å²) >= 11 is 0. The van der Waals surface area contributed by atoms with Crippen molar-refractivity contribution in [1.82, 2.24) is 4.31 Å². The van der Waals surface area contributed by atoms with E-state index in [1.807, 2.05) is 0 Å². The molecule has 2 rings (SSSR count). The summed E-state index contributed by atoms with van der Waals surface area (Å²) in [4.78, 5) is 12.5. The van der Waals surface area contributed by atoms with Crippen LogP contribution in [0.15, 0.2) is 18.2 Å². The van der Waals surface area contributed by atoms with Gasteiger partial charge in [-0.2, -0.15) is 4.31 Å². The van der Waals surface area contributed by atoms with Gasteiger partial charge < -0.3 is 10.0 Å². The smallest absolute Gasteiger partial charge is 0.292 e. The normalized spacial score (nSPS) is 20.1. The quantitative estimate of drug-likeness (QED) is 0.639. The third-order valence-corrected chi connectivity index (χ3v) is 5.15. The van der Waals surface area contributed by atoms with Crippen molar-refractivity contribution >= 4 is 21.4 Å². The number of aliphatic hydroxyl groups excluding tert-OH is 1. The Morgan fingerprint density at radius 1 is 1.41 bits per heavy atom. The second-order valence-electron chi connectivity index (χ2n) is 5.41. The summed E-state index contributed by atoms with van der Waals surface area (Å²) in [6.07, 6.45) is 1.16. The third kappa shape index (κ3) is 3.37. The minimum Gasteiger partial charge on any atom is -0.392 e. The number of hydrogen-bond acceptors (Lipinski definition) is 6. The molecule has 0 unspecified atom stereocenters. The topological polar surface area (TPSA) is 104 Å². The molecular formula is C13H19N3O5S. The first-order valence-electron chi connectivity index (χ1n) is 6.84. The van der Waals surface area contributed by atoms with Gasteiger partial charge in [0.2, 0.25) is 10.0 Å². The van der Waals surface area contributed by atoms with Gasteiger partial charge in [0.15, 0.2) is 0 Å². The highest BCUT2D eigenvalue weighted by molar-refractivity contribution is 7.88. The van der Waals surface area contributed by atoms with Gasteiger partial charge in [-0.3, -0.25) is 10.1 Å². The Morgan fingerprint density at radius 3 is 2.59 bits per heavy atom. The molecule has 0 saturated carbocycles. The minimum atomic E-state index is -3.29. The van der Waals surface area contributed by atoms with E-state index in [1.54, 1.807) is 17.9 Å². The molecule has 22 heavy (non-hydrogen) atoms. The van der Waals surface area contributed by atoms with Crippen molar-refractivity contribution in [3.63, 3.8) is 0 Å². The number of rotatable bonds is 4. The summed E-state index contributed by atoms with van der Waals surface area (Å²) in [7, 11) is -3.29. The Balaban J connectivity index is 2.32. The standard InChI is InChI=1S/C13H19N3O5S/c1-10-8-14(5-6-15(10)22(2,20)21)13-7-11(9-17)3-4-12(13)16(18)19/h3-4,7,10,17H,5-6,8-9H2,1-2H3/t10-/m1/s1. The van der Waals surface area contributed by atoms with Crippen LogP contribution in [-0.2, 0) is 16.6 Å². The molecule has 1 fully saturated rings. The summed E-state index contributed by atoms with van der Waals surface area (Å²) in [6, 6.07) is 4.19. The number of hydrogen-bond donors (Lipinski definition) is 1. The van der Waals surface area contributed by atoms with Gasteiger partial charge in [-0.15, -0.1) is 0 Å². The van der Waals surface area contributed by atoms with Crippen LogP contribution in [0.2, 0.25) is 0 Å². The number of anilines is 1. The van der Waals surface area contributed by atoms with Gasteiger partial charge in [0, 0.05) is 31.7 Å². The Morgan fingerprint density at radius 2 is 2.09 bits per heavy atom. The molecule has 0 aliphatic carbocycles. The van der Waals surface area contributed by atoms with Crippen LogP contribution in [-0.4, -0.2) is 54.7 Å². The average molecular weight is 329 g/mol. The van der Waals surface area contributed by atoms with Gasteiger partial charge in [-0.25, -0.2) is 8.42 Å². The van der Waals surface area contributed by atoms with E-state index in [9.17, 15) is 23.6 Å². The largest absolute Gasteiger partial charge is 0.392 e. The summed E-state index contributed by atoms with van der Waals surface area (Å²) in [5, 5.41) is 20.4. The molecule has 1 aliphatic rings. The van der Waals surface area contributed by atoms with Crippen LogP contribution in [0.4, 0.5) is 11.4 Å². The molecule has 0 amide bonds. The zero-order valence-corrected chi connectivity index (χ0v) is 13.3. The maximum atomic E-state index is 11.7. The van der Waals surface area contributed by atoms with Crippen LogP contribution in [0.5, 0.6) is 0 Å². The number of nitro groups is 1. The van der Waals surface area contributed by atoms with Crippen molar-refractivity contribution < 1.29 is 18.4 Å². The summed E-state index contributed by atoms with van der Waals surface area (Å²) in [5.74, 6) is 0. The Bertz CT molecular complexity index is 676. The van der Waals surface area contributed by atoms with Gasteiger partial charge in [0.25, 0.3) is 5.69 Å². The molecule has 1 saturated heterocycles. The predicted molar refractivity (Wildman–Crippen MR) is 82.2 cm³/mol. The zero-order chi connectivity index (χ0) is 16.5. The molecule has 1 aliphatic heterocycles. The minimum absolute atomic E-state index is 0.0443. The number of nitrogens with zero attached hydrogens (tertiary/aromatic N) is 3. The predicted octanol–water partition coefficient (Wildman–Crippen LogP) is 0.557. The van der Waals surface area contributed by atoms with Crippen LogP contribution in [0.3, 0.4) is 0 Å². The number of aliphatic hydroxyl groups is 1. The lowest BCUT2D eigenvalue weighted by Crippen LogP contribution is -2.53. The van der Waals surface area contributed by atoms with Gasteiger partial charge in [0.1, 0.15) is 5.69 Å². The van der Waals surface area contributed by atoms with E-state index < -0.39 is 14.9 Å². The monoisotopic (exact) mass is 329 g/mol. The van der Waals surface area contributed by atoms with Crippen LogP contribution in [0.25, 0.3) is 0 Å². The SMILES string of the molecule is C[C@@H]1CN(c2cc(CO)ccc2[N+](=O)[O-])CCN1S(C)(=O)=O. The molecule has 1 heterocycles. The van der Waals surface area contributed by atoms with Crippen molar-refractivity contribution in [2.45, 2.75) is 19.6 Å². The molecule has 9 heteroatoms. The number of piperazine rings is 1. The first-order valence-corrected chi connectivity index (χ1v) is 8.69. The van der Waals surface area contributed by atoms with Crippen molar-refractivity contribution in [2.24, 2.45) is 0 Å². The highest BCUT2D eigenvalue weighted by Crippen LogP contribution is 2.31. The third-order valence-electron chi connectivity index (χ3n) is 3.75. The Kier molecular flexibility index (Phi) is 4.69. The van der Waals surface area contributed by atoms with E-state index >= 15 is 0 Å². The Hall–Kier alpha value is -1.71. The second kappa shape index (κ2) is 6.19. The Labute approximate surface area is 129 Å². The highest BCUT2D eigenvalue weighted by Gasteiger charge is 2.32. The van der Waals surface area contributed by atoms with E-state index in [4.69, 9.17) is 0 Å². The van der Waals surface area contributed by atoms with Crippen LogP contribution in [0, 0.1) is 10.1 Å². The molecule has 1 aromatic rings. The summed E-state index contributed by atoms with van der Waals surface area (Å²) < 4.78 is 24.8. The fourth-order valence-electron chi connectivity index (χ4n) is 2.73. The molecule has 0 bridgehead atoms. The van der Waals surface area contributed by atoms with Crippen LogP contribution >= 0.6 is 0 Å². The molecular weight excluding hydrogens is 310 g/mol. The van der Waals surface area contributed by atoms with Gasteiger partial charge >= 0.3 is 0 Å². The zero-order valence-electron chi connectivity index (χ0n) is 12.5. The first-order chi connectivity index (χ1) is 10.2. The lowest BCUT2D eigenvalue weighted by molar-refractivity contribution is -0.384. The maximum Gasteiger partial charge on any atom is 0.292 e. The van der Waals surface area contributed by atoms with Crippen molar-refractivity contribution in [2.75, 3.05) is 30.8 Å². The fourth-order valence-corrected chi connectivity index (χ4v) is 3.86. The number of sulfonamides is 1. The van der Waals surface area contributed by atoms with Gasteiger partial charge in [0.05, 0.1) is 17.8 Å². The molecule has 8 nitrogen and oxygen atoms in total. The van der Waals surface area contributed by atoms with E-state index in [0.717, 1.165) is 6.26 Å². The van der Waals surface area contributed by atoms with Crippen LogP contribution in [0.1, 0.15) is 12.5 Å². The number of benzene rings is 1. The maximum absolute atomic E-state index is 11.7. The van der Waals surface area contributed by atoms with E-state index in [0.29, 0.717) is 24.3 Å². The molecule has 1 aromatic carbocycles. The van der Waals surface area contributed by atoms with Gasteiger partial charge in [-0.1, -0.05) is 0 Å². The molecule has 1 atom stereocenters. The van der Waals surface area contributed by atoms with Crippen molar-refractivity contribution in [1.29, 1.82) is 0 Å². The average Bonchev–Trinajstić information content (AvgIpc) is 2.45. The fraction of sp³-hybridized carbons (Fsp3) is 0.538. The lowest BCUT2D eigenvalue weighted by Gasteiger charge is -2.39. The summed E-state index contributed by atoms with van der Waals surface area (Å²) in [5.41, 5.74) is 0.951. The molecule has 0 spiro atoms. The van der Waals surface area contributed by atoms with E-state index in [1.165, 1.54) is 16.4 Å². The van der Waals surface area contributed by atoms with E-state index in [2.05, 4.69) is 0 Å².